The van der Waals surface area contributed by atoms with Crippen molar-refractivity contribution in [3.05, 3.63) is 92.9 Å². The highest BCUT2D eigenvalue weighted by Crippen LogP contribution is 2.58. The summed E-state index contributed by atoms with van der Waals surface area (Å²) in [4.78, 5) is 1.55. The van der Waals surface area contributed by atoms with Gasteiger partial charge in [-0.1, -0.05) is 119 Å². The Morgan fingerprint density at radius 2 is 0.967 bits per heavy atom. The van der Waals surface area contributed by atoms with Gasteiger partial charge in [0.2, 0.25) is 0 Å². The zero-order valence-electron chi connectivity index (χ0n) is 15.3. The molecule has 4 aromatic carbocycles. The first-order chi connectivity index (χ1) is 14.5. The van der Waals surface area contributed by atoms with Gasteiger partial charge in [0, 0.05) is 23.3 Å². The van der Waals surface area contributed by atoms with Crippen LogP contribution in [0.15, 0.2) is 82.6 Å². The predicted molar refractivity (Wildman–Crippen MR) is 128 cm³/mol. The minimum absolute atomic E-state index is 0.520. The maximum atomic E-state index is 6.82. The molecule has 0 saturated heterocycles. The van der Waals surface area contributed by atoms with Crippen LogP contribution in [0.4, 0.5) is 0 Å². The summed E-state index contributed by atoms with van der Waals surface area (Å²) in [6, 6.07) is 23.2. The van der Waals surface area contributed by atoms with Gasteiger partial charge >= 0.3 is 0 Å². The quantitative estimate of drug-likeness (QED) is 0.244. The standard InChI is InChI=1S/C24H12Cl4OS/c25-15-11-17-23(21(27)19(15)13-7-3-1-4-8-13)30-24-18(29-17)12-16(26)20(22(24)28)14-9-5-2-6-10-14/h1-12H. The third kappa shape index (κ3) is 3.37. The van der Waals surface area contributed by atoms with Crippen LogP contribution in [-0.2, 0) is 0 Å². The minimum Gasteiger partial charge on any atom is -0.455 e. The van der Waals surface area contributed by atoms with E-state index in [-0.39, 0.29) is 0 Å². The third-order valence-corrected chi connectivity index (χ3v) is 7.62. The Morgan fingerprint density at radius 1 is 0.567 bits per heavy atom. The molecule has 4 aromatic rings. The average molecular weight is 490 g/mol. The van der Waals surface area contributed by atoms with Gasteiger partial charge in [-0.2, -0.15) is 0 Å². The Hall–Kier alpha value is -1.81. The van der Waals surface area contributed by atoms with Gasteiger partial charge in [-0.3, -0.25) is 0 Å². The van der Waals surface area contributed by atoms with E-state index in [1.165, 1.54) is 11.8 Å². The van der Waals surface area contributed by atoms with Crippen molar-refractivity contribution in [3.63, 3.8) is 0 Å². The van der Waals surface area contributed by atoms with E-state index in [4.69, 9.17) is 51.1 Å². The molecule has 1 nitrogen and oxygen atoms in total. The zero-order valence-corrected chi connectivity index (χ0v) is 19.1. The lowest BCUT2D eigenvalue weighted by atomic mass is 10.0. The van der Waals surface area contributed by atoms with Crippen molar-refractivity contribution >= 4 is 58.2 Å². The molecule has 0 atom stereocenters. The fourth-order valence-electron chi connectivity index (χ4n) is 3.46. The van der Waals surface area contributed by atoms with E-state index >= 15 is 0 Å². The fraction of sp³-hybridized carbons (Fsp3) is 0. The van der Waals surface area contributed by atoms with Crippen LogP contribution in [0.1, 0.15) is 0 Å². The van der Waals surface area contributed by atoms with E-state index in [2.05, 4.69) is 0 Å². The Labute approximate surface area is 198 Å². The van der Waals surface area contributed by atoms with Gasteiger partial charge in [0.25, 0.3) is 0 Å². The maximum absolute atomic E-state index is 6.82. The van der Waals surface area contributed by atoms with Gasteiger partial charge < -0.3 is 4.74 Å². The van der Waals surface area contributed by atoms with E-state index in [1.54, 1.807) is 12.1 Å². The lowest BCUT2D eigenvalue weighted by Gasteiger charge is -2.25. The lowest BCUT2D eigenvalue weighted by molar-refractivity contribution is 0.455. The number of hydrogen-bond donors (Lipinski definition) is 0. The molecule has 1 heterocycles. The second-order valence-electron chi connectivity index (χ2n) is 6.69. The number of fused-ring (bicyclic) bond motifs is 2. The smallest absolute Gasteiger partial charge is 0.144 e. The first-order valence-corrected chi connectivity index (χ1v) is 11.4. The van der Waals surface area contributed by atoms with Crippen LogP contribution in [0.25, 0.3) is 22.3 Å². The molecule has 0 saturated carbocycles. The second kappa shape index (κ2) is 8.03. The molecule has 0 spiro atoms. The van der Waals surface area contributed by atoms with Gasteiger partial charge in [0.05, 0.1) is 29.9 Å². The number of halogens is 4. The molecular weight excluding hydrogens is 478 g/mol. The normalized spacial score (nSPS) is 12.1. The van der Waals surface area contributed by atoms with Crippen molar-refractivity contribution < 1.29 is 4.74 Å². The summed E-state index contributed by atoms with van der Waals surface area (Å²) in [5.74, 6) is 1.17. The summed E-state index contributed by atoms with van der Waals surface area (Å²) >= 11 is 28.2. The highest BCUT2D eigenvalue weighted by atomic mass is 35.5. The Morgan fingerprint density at radius 3 is 1.37 bits per heavy atom. The van der Waals surface area contributed by atoms with E-state index < -0.39 is 0 Å². The molecule has 5 rings (SSSR count). The van der Waals surface area contributed by atoms with Gasteiger partial charge in [0.15, 0.2) is 0 Å². The molecule has 0 radical (unpaired) electrons. The molecule has 0 bridgehead atoms. The van der Waals surface area contributed by atoms with Crippen LogP contribution in [-0.4, -0.2) is 0 Å². The van der Waals surface area contributed by atoms with Crippen LogP contribution in [0.5, 0.6) is 11.5 Å². The van der Waals surface area contributed by atoms with E-state index in [9.17, 15) is 0 Å². The summed E-state index contributed by atoms with van der Waals surface area (Å²) < 4.78 is 6.12. The van der Waals surface area contributed by atoms with Crippen molar-refractivity contribution in [1.82, 2.24) is 0 Å². The fourth-order valence-corrected chi connectivity index (χ4v) is 5.99. The molecule has 0 unspecified atom stereocenters. The molecule has 6 heteroatoms. The molecule has 0 amide bonds. The molecule has 148 valence electrons. The minimum atomic E-state index is 0.520. The van der Waals surface area contributed by atoms with Crippen LogP contribution in [0, 0.1) is 0 Å². The molecule has 1 aliphatic heterocycles. The van der Waals surface area contributed by atoms with Gasteiger partial charge in [-0.25, -0.2) is 0 Å². The van der Waals surface area contributed by atoms with E-state index in [0.29, 0.717) is 31.6 Å². The molecule has 0 aliphatic carbocycles. The largest absolute Gasteiger partial charge is 0.455 e. The van der Waals surface area contributed by atoms with Crippen molar-refractivity contribution in [1.29, 1.82) is 0 Å². The molecule has 1 aliphatic rings. The number of hydrogen-bond acceptors (Lipinski definition) is 2. The zero-order chi connectivity index (χ0) is 20.8. The van der Waals surface area contributed by atoms with Crippen molar-refractivity contribution in [2.75, 3.05) is 0 Å². The van der Waals surface area contributed by atoms with Crippen LogP contribution < -0.4 is 4.74 Å². The van der Waals surface area contributed by atoms with Gasteiger partial charge in [-0.05, 0) is 11.1 Å². The van der Waals surface area contributed by atoms with Gasteiger partial charge in [0.1, 0.15) is 11.5 Å². The molecule has 0 fully saturated rings. The van der Waals surface area contributed by atoms with Crippen molar-refractivity contribution in [2.24, 2.45) is 0 Å². The van der Waals surface area contributed by atoms with Crippen LogP contribution in [0.2, 0.25) is 20.1 Å². The summed E-state index contributed by atoms with van der Waals surface area (Å²) in [6.07, 6.45) is 0. The monoisotopic (exact) mass is 488 g/mol. The third-order valence-electron chi connectivity index (χ3n) is 4.83. The highest BCUT2D eigenvalue weighted by Gasteiger charge is 2.29. The Kier molecular flexibility index (Phi) is 5.38. The molecule has 30 heavy (non-hydrogen) atoms. The summed E-state index contributed by atoms with van der Waals surface area (Å²) in [7, 11) is 0. The highest BCUT2D eigenvalue weighted by molar-refractivity contribution is 7.99. The van der Waals surface area contributed by atoms with E-state index in [0.717, 1.165) is 32.0 Å². The summed E-state index contributed by atoms with van der Waals surface area (Å²) in [6.45, 7) is 0. The van der Waals surface area contributed by atoms with Crippen molar-refractivity contribution in [3.8, 4) is 33.8 Å². The lowest BCUT2D eigenvalue weighted by Crippen LogP contribution is -1.99. The number of benzene rings is 4. The molecule has 0 aromatic heterocycles. The summed E-state index contributed by atoms with van der Waals surface area (Å²) in [5, 5.41) is 2.11. The Bertz CT molecular complexity index is 1180. The number of rotatable bonds is 2. The number of ether oxygens (including phenoxy) is 1. The SMILES string of the molecule is Clc1cc2c(c(Cl)c1-c1ccccc1)Sc1c(cc(Cl)c(-c3ccccc3)c1Cl)O2. The topological polar surface area (TPSA) is 9.23 Å². The van der Waals surface area contributed by atoms with Gasteiger partial charge in [-0.15, -0.1) is 0 Å². The summed E-state index contributed by atoms with van der Waals surface area (Å²) in [5.41, 5.74) is 3.42. The van der Waals surface area contributed by atoms with Crippen LogP contribution >= 0.6 is 58.2 Å². The average Bonchev–Trinajstić information content (AvgIpc) is 2.74. The van der Waals surface area contributed by atoms with Crippen LogP contribution in [0.3, 0.4) is 0 Å². The predicted octanol–water partition coefficient (Wildman–Crippen LogP) is 9.89. The first-order valence-electron chi connectivity index (χ1n) is 9.05. The second-order valence-corrected chi connectivity index (χ2v) is 9.28. The molecular formula is C24H12Cl4OS. The maximum Gasteiger partial charge on any atom is 0.144 e. The van der Waals surface area contributed by atoms with Crippen molar-refractivity contribution in [2.45, 2.75) is 9.79 Å². The Balaban J connectivity index is 1.67. The first kappa shape index (κ1) is 20.1. The molecule has 0 N–H and O–H groups in total. The van der Waals surface area contributed by atoms with E-state index in [1.807, 2.05) is 60.7 Å².